The minimum atomic E-state index is -0.298. The van der Waals surface area contributed by atoms with Gasteiger partial charge in [0, 0.05) is 5.56 Å². The summed E-state index contributed by atoms with van der Waals surface area (Å²) in [5.74, 6) is 0.714. The zero-order chi connectivity index (χ0) is 12.1. The Kier molecular flexibility index (Phi) is 4.89. The lowest BCUT2D eigenvalue weighted by Gasteiger charge is -2.16. The van der Waals surface area contributed by atoms with Crippen molar-refractivity contribution in [1.29, 1.82) is 0 Å². The van der Waals surface area contributed by atoms with E-state index in [1.54, 1.807) is 13.4 Å². The van der Waals surface area contributed by atoms with Gasteiger partial charge in [0.1, 0.15) is 5.82 Å². The van der Waals surface area contributed by atoms with E-state index in [4.69, 9.17) is 15.2 Å². The number of hydrogen-bond donors (Lipinski definition) is 1. The number of nitrogens with two attached hydrogens (primary N) is 1. The predicted molar refractivity (Wildman–Crippen MR) is 64.0 cm³/mol. The van der Waals surface area contributed by atoms with E-state index in [-0.39, 0.29) is 5.82 Å². The molecule has 0 unspecified atom stereocenters. The normalized spacial score (nSPS) is 10.3. The second kappa shape index (κ2) is 5.96. The van der Waals surface area contributed by atoms with Gasteiger partial charge < -0.3 is 15.2 Å². The molecule has 1 aromatic rings. The Balaban J connectivity index is 3.37. The van der Waals surface area contributed by atoms with Crippen LogP contribution in [0.3, 0.4) is 0 Å². The molecule has 0 radical (unpaired) electrons. The number of rotatable bonds is 5. The highest BCUT2D eigenvalue weighted by Crippen LogP contribution is 2.41. The Labute approximate surface area is 99.1 Å². The predicted octanol–water partition coefficient (Wildman–Crippen LogP) is 2.07. The van der Waals surface area contributed by atoms with Gasteiger partial charge in [-0.3, -0.25) is 0 Å². The highest BCUT2D eigenvalue weighted by Gasteiger charge is 2.18. The van der Waals surface area contributed by atoms with Crippen molar-refractivity contribution >= 4 is 11.8 Å². The summed E-state index contributed by atoms with van der Waals surface area (Å²) in [7, 11) is 3.04. The van der Waals surface area contributed by atoms with E-state index in [9.17, 15) is 4.39 Å². The minimum Gasteiger partial charge on any atom is -0.493 e. The van der Waals surface area contributed by atoms with Crippen LogP contribution < -0.4 is 15.2 Å². The zero-order valence-electron chi connectivity index (χ0n) is 9.67. The smallest absolute Gasteiger partial charge is 0.177 e. The molecule has 0 aliphatic carbocycles. The molecule has 0 amide bonds. The Bertz CT molecular complexity index is 371. The van der Waals surface area contributed by atoms with Gasteiger partial charge in [-0.05, 0) is 25.3 Å². The molecule has 16 heavy (non-hydrogen) atoms. The quantitative estimate of drug-likeness (QED) is 0.807. The van der Waals surface area contributed by atoms with Crippen LogP contribution in [0.2, 0.25) is 0 Å². The number of methoxy groups -OCH3 is 2. The zero-order valence-corrected chi connectivity index (χ0v) is 10.5. The third-order valence-corrected chi connectivity index (χ3v) is 3.04. The molecule has 0 heterocycles. The van der Waals surface area contributed by atoms with Crippen LogP contribution in [0.15, 0.2) is 11.0 Å². The summed E-state index contributed by atoms with van der Waals surface area (Å²) in [6, 6.07) is 1.46. The van der Waals surface area contributed by atoms with Crippen molar-refractivity contribution in [3.05, 3.63) is 17.4 Å². The van der Waals surface area contributed by atoms with Gasteiger partial charge in [0.25, 0.3) is 0 Å². The summed E-state index contributed by atoms with van der Waals surface area (Å²) in [4.78, 5) is 0.458. The van der Waals surface area contributed by atoms with E-state index in [0.717, 1.165) is 5.56 Å². The van der Waals surface area contributed by atoms with Gasteiger partial charge in [-0.15, -0.1) is 11.8 Å². The molecule has 90 valence electrons. The minimum absolute atomic E-state index is 0.298. The van der Waals surface area contributed by atoms with Gasteiger partial charge in [0.2, 0.25) is 0 Å². The average molecular weight is 245 g/mol. The number of benzene rings is 1. The standard InChI is InChI=1S/C11H16FNO2S/c1-14-9-7(4-5-13)6-8(12)11(16-3)10(9)15-2/h6H,4-5,13H2,1-3H3. The van der Waals surface area contributed by atoms with Crippen LogP contribution in [0.25, 0.3) is 0 Å². The van der Waals surface area contributed by atoms with Gasteiger partial charge in [0.05, 0.1) is 19.1 Å². The first-order chi connectivity index (χ1) is 7.69. The summed E-state index contributed by atoms with van der Waals surface area (Å²) < 4.78 is 24.2. The number of thioether (sulfide) groups is 1. The van der Waals surface area contributed by atoms with Crippen LogP contribution in [0, 0.1) is 5.82 Å². The first-order valence-electron chi connectivity index (χ1n) is 4.87. The van der Waals surface area contributed by atoms with Crippen molar-refractivity contribution in [2.75, 3.05) is 27.0 Å². The highest BCUT2D eigenvalue weighted by atomic mass is 32.2. The lowest BCUT2D eigenvalue weighted by atomic mass is 10.1. The van der Waals surface area contributed by atoms with E-state index in [0.29, 0.717) is 29.4 Å². The number of ether oxygens (including phenoxy) is 2. The molecule has 0 atom stereocenters. The van der Waals surface area contributed by atoms with E-state index >= 15 is 0 Å². The second-order valence-corrected chi connectivity index (χ2v) is 3.97. The molecule has 3 nitrogen and oxygen atoms in total. The second-order valence-electron chi connectivity index (χ2n) is 3.16. The largest absolute Gasteiger partial charge is 0.493 e. The molecule has 0 saturated carbocycles. The average Bonchev–Trinajstić information content (AvgIpc) is 2.28. The molecule has 0 bridgehead atoms. The molecule has 0 spiro atoms. The van der Waals surface area contributed by atoms with E-state index in [1.807, 2.05) is 0 Å². The molecular weight excluding hydrogens is 229 g/mol. The SMILES string of the molecule is COc1c(CCN)cc(F)c(SC)c1OC. The maximum Gasteiger partial charge on any atom is 0.177 e. The highest BCUT2D eigenvalue weighted by molar-refractivity contribution is 7.98. The monoisotopic (exact) mass is 245 g/mol. The summed E-state index contributed by atoms with van der Waals surface area (Å²) in [5, 5.41) is 0. The lowest BCUT2D eigenvalue weighted by Crippen LogP contribution is -2.06. The summed E-state index contributed by atoms with van der Waals surface area (Å²) in [6.07, 6.45) is 2.36. The Morgan fingerprint density at radius 3 is 2.38 bits per heavy atom. The van der Waals surface area contributed by atoms with Crippen LogP contribution in [0.5, 0.6) is 11.5 Å². The van der Waals surface area contributed by atoms with Crippen molar-refractivity contribution in [1.82, 2.24) is 0 Å². The molecule has 1 aromatic carbocycles. The van der Waals surface area contributed by atoms with Crippen LogP contribution in [-0.2, 0) is 6.42 Å². The molecule has 1 rings (SSSR count). The molecule has 0 aliphatic rings. The van der Waals surface area contributed by atoms with Crippen LogP contribution in [0.1, 0.15) is 5.56 Å². The van der Waals surface area contributed by atoms with Crippen molar-refractivity contribution < 1.29 is 13.9 Å². The van der Waals surface area contributed by atoms with Crippen molar-refractivity contribution in [3.63, 3.8) is 0 Å². The molecule has 0 aliphatic heterocycles. The summed E-state index contributed by atoms with van der Waals surface area (Å²) in [6.45, 7) is 0.442. The fourth-order valence-electron chi connectivity index (χ4n) is 1.58. The molecule has 5 heteroatoms. The number of halogens is 1. The van der Waals surface area contributed by atoms with Gasteiger partial charge in [-0.2, -0.15) is 0 Å². The van der Waals surface area contributed by atoms with Gasteiger partial charge in [-0.25, -0.2) is 4.39 Å². The van der Waals surface area contributed by atoms with E-state index in [2.05, 4.69) is 0 Å². The van der Waals surface area contributed by atoms with E-state index < -0.39 is 0 Å². The lowest BCUT2D eigenvalue weighted by molar-refractivity contribution is 0.340. The first kappa shape index (κ1) is 13.1. The van der Waals surface area contributed by atoms with Crippen molar-refractivity contribution in [3.8, 4) is 11.5 Å². The van der Waals surface area contributed by atoms with Crippen LogP contribution in [-0.4, -0.2) is 27.0 Å². The Hall–Kier alpha value is -0.940. The van der Waals surface area contributed by atoms with Crippen molar-refractivity contribution in [2.24, 2.45) is 5.73 Å². The third kappa shape index (κ3) is 2.41. The maximum absolute atomic E-state index is 13.7. The van der Waals surface area contributed by atoms with Gasteiger partial charge >= 0.3 is 0 Å². The fourth-order valence-corrected chi connectivity index (χ4v) is 2.20. The van der Waals surface area contributed by atoms with E-state index in [1.165, 1.54) is 24.9 Å². The van der Waals surface area contributed by atoms with Gasteiger partial charge in [-0.1, -0.05) is 0 Å². The topological polar surface area (TPSA) is 44.5 Å². The van der Waals surface area contributed by atoms with Crippen LogP contribution >= 0.6 is 11.8 Å². The molecule has 0 aromatic heterocycles. The molecular formula is C11H16FNO2S. The summed E-state index contributed by atoms with van der Waals surface area (Å²) >= 11 is 1.29. The Morgan fingerprint density at radius 1 is 1.31 bits per heavy atom. The van der Waals surface area contributed by atoms with Crippen LogP contribution in [0.4, 0.5) is 4.39 Å². The fraction of sp³-hybridized carbons (Fsp3) is 0.455. The first-order valence-corrected chi connectivity index (χ1v) is 6.09. The van der Waals surface area contributed by atoms with Crippen molar-refractivity contribution in [2.45, 2.75) is 11.3 Å². The van der Waals surface area contributed by atoms with Gasteiger partial charge in [0.15, 0.2) is 11.5 Å². The molecule has 0 fully saturated rings. The Morgan fingerprint density at radius 2 is 1.94 bits per heavy atom. The maximum atomic E-state index is 13.7. The molecule has 2 N–H and O–H groups in total. The summed E-state index contributed by atoms with van der Waals surface area (Å²) in [5.41, 5.74) is 6.21. The third-order valence-electron chi connectivity index (χ3n) is 2.25. The molecule has 0 saturated heterocycles. The number of hydrogen-bond acceptors (Lipinski definition) is 4.